The minimum atomic E-state index is -0.755. The SMILES string of the molecule is COc1ccc2c(c1OC)C(=O)O[C@@H]2[C@@H]1c2c(cc3c(c2OC)OCO3)CCN1C(C)=O. The molecule has 3 heterocycles. The molecule has 0 unspecified atom stereocenters. The predicted octanol–water partition coefficient (Wildman–Crippen LogP) is 2.80. The third-order valence-electron chi connectivity index (χ3n) is 6.22. The van der Waals surface area contributed by atoms with Gasteiger partial charge in [0.2, 0.25) is 18.4 Å². The first-order chi connectivity index (χ1) is 15.5. The molecule has 32 heavy (non-hydrogen) atoms. The van der Waals surface area contributed by atoms with Crippen LogP contribution < -0.4 is 23.7 Å². The van der Waals surface area contributed by atoms with Crippen molar-refractivity contribution in [2.24, 2.45) is 0 Å². The number of fused-ring (bicyclic) bond motifs is 3. The molecule has 0 aromatic heterocycles. The van der Waals surface area contributed by atoms with Crippen LogP contribution in [0, 0.1) is 0 Å². The number of hydrogen-bond acceptors (Lipinski definition) is 8. The Morgan fingerprint density at radius 2 is 1.88 bits per heavy atom. The lowest BCUT2D eigenvalue weighted by Crippen LogP contribution is -2.41. The number of ether oxygens (including phenoxy) is 6. The fraction of sp³-hybridized carbons (Fsp3) is 0.391. The summed E-state index contributed by atoms with van der Waals surface area (Å²) in [5, 5.41) is 0. The van der Waals surface area contributed by atoms with Crippen LogP contribution in [-0.2, 0) is 16.0 Å². The molecular formula is C23H23NO8. The van der Waals surface area contributed by atoms with Gasteiger partial charge in [0.15, 0.2) is 29.1 Å². The molecule has 5 rings (SSSR count). The lowest BCUT2D eigenvalue weighted by Gasteiger charge is -2.40. The Morgan fingerprint density at radius 1 is 1.09 bits per heavy atom. The van der Waals surface area contributed by atoms with Gasteiger partial charge in [0.1, 0.15) is 11.6 Å². The molecule has 0 saturated carbocycles. The molecule has 9 nitrogen and oxygen atoms in total. The van der Waals surface area contributed by atoms with E-state index < -0.39 is 18.1 Å². The Morgan fingerprint density at radius 3 is 2.56 bits per heavy atom. The predicted molar refractivity (Wildman–Crippen MR) is 111 cm³/mol. The molecule has 0 fully saturated rings. The van der Waals surface area contributed by atoms with Crippen LogP contribution in [0.1, 0.15) is 46.1 Å². The van der Waals surface area contributed by atoms with Crippen molar-refractivity contribution in [3.05, 3.63) is 40.5 Å². The van der Waals surface area contributed by atoms with Crippen molar-refractivity contribution in [1.29, 1.82) is 0 Å². The molecule has 2 atom stereocenters. The summed E-state index contributed by atoms with van der Waals surface area (Å²) in [6, 6.07) is 4.81. The Hall–Kier alpha value is -3.62. The summed E-state index contributed by atoms with van der Waals surface area (Å²) in [5.41, 5.74) is 2.63. The van der Waals surface area contributed by atoms with E-state index in [-0.39, 0.29) is 12.7 Å². The van der Waals surface area contributed by atoms with Crippen LogP contribution in [0.2, 0.25) is 0 Å². The number of carbonyl (C=O) groups excluding carboxylic acids is 2. The second-order valence-electron chi connectivity index (χ2n) is 7.71. The standard InChI is InChI=1S/C23H23NO8/c1-11(25)24-8-7-12-9-15-21(31-10-30-15)22(29-4)16(12)18(24)19-13-5-6-14(27-2)20(28-3)17(13)23(26)32-19/h5-6,9,18-19H,7-8,10H2,1-4H3/t18-,19-/m0/s1. The van der Waals surface area contributed by atoms with Crippen LogP contribution in [0.3, 0.4) is 0 Å². The number of hydrogen-bond donors (Lipinski definition) is 0. The number of amides is 1. The van der Waals surface area contributed by atoms with Crippen LogP contribution in [0.5, 0.6) is 28.7 Å². The molecule has 3 aliphatic heterocycles. The van der Waals surface area contributed by atoms with Gasteiger partial charge >= 0.3 is 5.97 Å². The molecule has 1 amide bonds. The van der Waals surface area contributed by atoms with Crippen LogP contribution >= 0.6 is 0 Å². The largest absolute Gasteiger partial charge is 0.493 e. The molecule has 0 radical (unpaired) electrons. The number of rotatable bonds is 4. The minimum absolute atomic E-state index is 0.0912. The van der Waals surface area contributed by atoms with Crippen molar-refractivity contribution < 1.29 is 38.0 Å². The van der Waals surface area contributed by atoms with Gasteiger partial charge in [0.05, 0.1) is 21.3 Å². The van der Waals surface area contributed by atoms with E-state index in [0.717, 1.165) is 11.1 Å². The monoisotopic (exact) mass is 441 g/mol. The third-order valence-corrected chi connectivity index (χ3v) is 6.22. The van der Waals surface area contributed by atoms with Crippen molar-refractivity contribution in [3.63, 3.8) is 0 Å². The fourth-order valence-corrected chi connectivity index (χ4v) is 4.88. The molecule has 9 heteroatoms. The van der Waals surface area contributed by atoms with Gasteiger partial charge in [-0.1, -0.05) is 6.07 Å². The molecule has 0 bridgehead atoms. The zero-order valence-electron chi connectivity index (χ0n) is 18.2. The Kier molecular flexibility index (Phi) is 4.76. The molecule has 0 saturated heterocycles. The number of cyclic esters (lactones) is 1. The highest BCUT2D eigenvalue weighted by Crippen LogP contribution is 2.55. The van der Waals surface area contributed by atoms with Crippen LogP contribution in [0.25, 0.3) is 0 Å². The lowest BCUT2D eigenvalue weighted by molar-refractivity contribution is -0.134. The van der Waals surface area contributed by atoms with Crippen molar-refractivity contribution >= 4 is 11.9 Å². The molecule has 0 N–H and O–H groups in total. The summed E-state index contributed by atoms with van der Waals surface area (Å²) < 4.78 is 33.7. The van der Waals surface area contributed by atoms with E-state index >= 15 is 0 Å². The van der Waals surface area contributed by atoms with Gasteiger partial charge in [-0.25, -0.2) is 4.79 Å². The summed E-state index contributed by atoms with van der Waals surface area (Å²) in [6.45, 7) is 2.06. The Balaban J connectivity index is 1.72. The van der Waals surface area contributed by atoms with Crippen LogP contribution in [0.15, 0.2) is 18.2 Å². The summed E-state index contributed by atoms with van der Waals surface area (Å²) in [5.74, 6) is 1.64. The first-order valence-corrected chi connectivity index (χ1v) is 10.2. The highest BCUT2D eigenvalue weighted by Gasteiger charge is 2.47. The number of benzene rings is 2. The summed E-state index contributed by atoms with van der Waals surface area (Å²) in [4.78, 5) is 27.3. The number of methoxy groups -OCH3 is 3. The molecule has 3 aliphatic rings. The molecule has 0 aliphatic carbocycles. The zero-order chi connectivity index (χ0) is 22.6. The highest BCUT2D eigenvalue weighted by atomic mass is 16.7. The van der Waals surface area contributed by atoms with E-state index in [1.54, 1.807) is 24.1 Å². The highest BCUT2D eigenvalue weighted by molar-refractivity contribution is 5.98. The van der Waals surface area contributed by atoms with Crippen LogP contribution in [-0.4, -0.2) is 51.4 Å². The van der Waals surface area contributed by atoms with Gasteiger partial charge in [0, 0.05) is 24.6 Å². The van der Waals surface area contributed by atoms with E-state index in [1.165, 1.54) is 21.1 Å². The number of esters is 1. The Bertz CT molecular complexity index is 1130. The zero-order valence-corrected chi connectivity index (χ0v) is 18.2. The molecule has 2 aromatic rings. The minimum Gasteiger partial charge on any atom is -0.493 e. The van der Waals surface area contributed by atoms with E-state index in [0.29, 0.717) is 52.8 Å². The maximum absolute atomic E-state index is 13.0. The van der Waals surface area contributed by atoms with Crippen molar-refractivity contribution in [2.45, 2.75) is 25.5 Å². The van der Waals surface area contributed by atoms with E-state index in [4.69, 9.17) is 28.4 Å². The van der Waals surface area contributed by atoms with Crippen LogP contribution in [0.4, 0.5) is 0 Å². The van der Waals surface area contributed by atoms with Crippen molar-refractivity contribution in [2.75, 3.05) is 34.7 Å². The van der Waals surface area contributed by atoms with Gasteiger partial charge in [0.25, 0.3) is 0 Å². The van der Waals surface area contributed by atoms with Gasteiger partial charge in [-0.2, -0.15) is 0 Å². The molecule has 2 aromatic carbocycles. The average Bonchev–Trinajstić information content (AvgIpc) is 3.40. The van der Waals surface area contributed by atoms with Gasteiger partial charge in [-0.3, -0.25) is 4.79 Å². The van der Waals surface area contributed by atoms with E-state index in [2.05, 4.69) is 0 Å². The third kappa shape index (κ3) is 2.77. The van der Waals surface area contributed by atoms with Crippen molar-refractivity contribution in [1.82, 2.24) is 4.90 Å². The average molecular weight is 441 g/mol. The summed E-state index contributed by atoms with van der Waals surface area (Å²) >= 11 is 0. The van der Waals surface area contributed by atoms with E-state index in [1.807, 2.05) is 6.07 Å². The summed E-state index contributed by atoms with van der Waals surface area (Å²) in [6.07, 6.45) is -0.146. The van der Waals surface area contributed by atoms with Gasteiger partial charge < -0.3 is 33.3 Å². The molecule has 0 spiro atoms. The smallest absolute Gasteiger partial charge is 0.343 e. The summed E-state index contributed by atoms with van der Waals surface area (Å²) in [7, 11) is 4.52. The topological polar surface area (TPSA) is 92.8 Å². The van der Waals surface area contributed by atoms with Gasteiger partial charge in [-0.15, -0.1) is 0 Å². The first-order valence-electron chi connectivity index (χ1n) is 10.2. The van der Waals surface area contributed by atoms with Crippen molar-refractivity contribution in [3.8, 4) is 28.7 Å². The molecule has 168 valence electrons. The maximum Gasteiger partial charge on any atom is 0.343 e. The second-order valence-corrected chi connectivity index (χ2v) is 7.71. The fourth-order valence-electron chi connectivity index (χ4n) is 4.88. The number of carbonyl (C=O) groups is 2. The quantitative estimate of drug-likeness (QED) is 0.669. The maximum atomic E-state index is 13.0. The van der Waals surface area contributed by atoms with E-state index in [9.17, 15) is 9.59 Å². The number of nitrogens with zero attached hydrogens (tertiary/aromatic N) is 1. The lowest BCUT2D eigenvalue weighted by atomic mass is 9.85. The Labute approximate surface area is 184 Å². The first kappa shape index (κ1) is 20.3. The normalized spacial score (nSPS) is 20.4. The second kappa shape index (κ2) is 7.51. The molecular weight excluding hydrogens is 418 g/mol. The van der Waals surface area contributed by atoms with Gasteiger partial charge in [-0.05, 0) is 24.1 Å².